The Morgan fingerprint density at radius 1 is 1.00 bits per heavy atom. The van der Waals surface area contributed by atoms with Gasteiger partial charge in [0, 0.05) is 6.07 Å². The van der Waals surface area contributed by atoms with E-state index < -0.39 is 12.4 Å². The van der Waals surface area contributed by atoms with Gasteiger partial charge >= 0.3 is 6.61 Å². The monoisotopic (exact) mass is 400 g/mol. The summed E-state index contributed by atoms with van der Waals surface area (Å²) < 4.78 is 44.7. The first-order valence-electron chi connectivity index (χ1n) is 8.46. The Labute approximate surface area is 162 Å². The van der Waals surface area contributed by atoms with Crippen LogP contribution in [-0.4, -0.2) is 26.1 Å². The molecule has 4 aromatic rings. The molecular weight excluding hydrogens is 385 g/mol. The van der Waals surface area contributed by atoms with Crippen molar-refractivity contribution < 1.29 is 17.9 Å². The van der Waals surface area contributed by atoms with Gasteiger partial charge in [0.2, 0.25) is 5.95 Å². The molecule has 0 saturated carbocycles. The number of halogens is 3. The fourth-order valence-corrected chi connectivity index (χ4v) is 3.16. The molecule has 10 heteroatoms. The Morgan fingerprint density at radius 2 is 1.72 bits per heavy atom. The number of hydrogen-bond acceptors (Lipinski definition) is 6. The molecule has 0 amide bonds. The number of alkyl halides is 2. The third-order valence-electron chi connectivity index (χ3n) is 4.30. The van der Waals surface area contributed by atoms with E-state index in [9.17, 15) is 13.2 Å². The molecule has 0 aliphatic heterocycles. The van der Waals surface area contributed by atoms with Crippen molar-refractivity contribution in [1.82, 2.24) is 19.5 Å². The fourth-order valence-electron chi connectivity index (χ4n) is 3.16. The normalized spacial score (nSPS) is 11.3. The molecule has 0 fully saturated rings. The zero-order chi connectivity index (χ0) is 20.7. The molecule has 4 rings (SSSR count). The van der Waals surface area contributed by atoms with Crippen LogP contribution in [0.4, 0.5) is 24.9 Å². The summed E-state index contributed by atoms with van der Waals surface area (Å²) in [5.41, 5.74) is 13.9. The van der Waals surface area contributed by atoms with Crippen LogP contribution in [0.15, 0.2) is 42.5 Å². The van der Waals surface area contributed by atoms with Crippen LogP contribution in [-0.2, 0) is 0 Å². The van der Waals surface area contributed by atoms with Gasteiger partial charge in [0.15, 0.2) is 5.82 Å². The van der Waals surface area contributed by atoms with E-state index >= 15 is 0 Å². The van der Waals surface area contributed by atoms with Gasteiger partial charge in [-0.1, -0.05) is 12.1 Å². The minimum absolute atomic E-state index is 0.00781. The molecule has 0 saturated heterocycles. The molecule has 0 atom stereocenters. The maximum atomic E-state index is 13.9. The van der Waals surface area contributed by atoms with Crippen molar-refractivity contribution in [2.45, 2.75) is 13.5 Å². The van der Waals surface area contributed by atoms with Crippen LogP contribution >= 0.6 is 0 Å². The highest BCUT2D eigenvalue weighted by Gasteiger charge is 2.20. The summed E-state index contributed by atoms with van der Waals surface area (Å²) in [5.74, 6) is 0.379. The maximum Gasteiger partial charge on any atom is 0.387 e. The highest BCUT2D eigenvalue weighted by Crippen LogP contribution is 2.34. The zero-order valence-corrected chi connectivity index (χ0v) is 15.1. The lowest BCUT2D eigenvalue weighted by Crippen LogP contribution is -2.10. The SMILES string of the molecule is Cc1nc2ccc(F)cc2n1-c1nc(N)nc(N)c1-c1ccc(OC(F)F)cc1. The van der Waals surface area contributed by atoms with Crippen LogP contribution in [0.1, 0.15) is 5.82 Å². The summed E-state index contributed by atoms with van der Waals surface area (Å²) in [5, 5.41) is 0. The topological polar surface area (TPSA) is 105 Å². The van der Waals surface area contributed by atoms with E-state index in [0.717, 1.165) is 0 Å². The quantitative estimate of drug-likeness (QED) is 0.541. The highest BCUT2D eigenvalue weighted by atomic mass is 19.3. The molecule has 148 valence electrons. The van der Waals surface area contributed by atoms with Crippen molar-refractivity contribution in [3.05, 3.63) is 54.1 Å². The van der Waals surface area contributed by atoms with Crippen molar-refractivity contribution in [3.8, 4) is 22.7 Å². The van der Waals surface area contributed by atoms with E-state index in [4.69, 9.17) is 11.5 Å². The number of benzene rings is 2. The zero-order valence-electron chi connectivity index (χ0n) is 15.1. The summed E-state index contributed by atoms with van der Waals surface area (Å²) in [7, 11) is 0. The standard InChI is InChI=1S/C19H15F3N6O/c1-9-25-13-7-4-11(20)8-14(13)28(9)17-15(16(23)26-19(24)27-17)10-2-5-12(6-3-10)29-18(21)22/h2-8,18H,1H3,(H4,23,24,26,27). The number of aromatic nitrogens is 4. The van der Waals surface area contributed by atoms with E-state index in [-0.39, 0.29) is 17.5 Å². The van der Waals surface area contributed by atoms with Crippen LogP contribution in [0.5, 0.6) is 5.75 Å². The molecule has 0 unspecified atom stereocenters. The molecule has 2 heterocycles. The summed E-state index contributed by atoms with van der Waals surface area (Å²) in [6, 6.07) is 10.0. The number of fused-ring (bicyclic) bond motifs is 1. The van der Waals surface area contributed by atoms with E-state index in [1.165, 1.54) is 24.3 Å². The van der Waals surface area contributed by atoms with Crippen LogP contribution in [0.3, 0.4) is 0 Å². The van der Waals surface area contributed by atoms with Gasteiger partial charge in [0.05, 0.1) is 16.6 Å². The molecule has 0 spiro atoms. The van der Waals surface area contributed by atoms with Crippen molar-refractivity contribution in [2.24, 2.45) is 0 Å². The smallest absolute Gasteiger partial charge is 0.387 e. The summed E-state index contributed by atoms with van der Waals surface area (Å²) in [6.07, 6.45) is 0. The molecule has 2 aromatic carbocycles. The molecule has 0 aliphatic rings. The van der Waals surface area contributed by atoms with Gasteiger partial charge in [-0.3, -0.25) is 4.57 Å². The third kappa shape index (κ3) is 3.40. The predicted molar refractivity (Wildman–Crippen MR) is 102 cm³/mol. The minimum atomic E-state index is -2.93. The Bertz CT molecular complexity index is 1210. The van der Waals surface area contributed by atoms with Gasteiger partial charge in [0.1, 0.15) is 23.2 Å². The van der Waals surface area contributed by atoms with E-state index in [1.807, 2.05) is 0 Å². The summed E-state index contributed by atoms with van der Waals surface area (Å²) >= 11 is 0. The van der Waals surface area contributed by atoms with E-state index in [2.05, 4.69) is 19.7 Å². The molecule has 0 radical (unpaired) electrons. The number of ether oxygens (including phenoxy) is 1. The van der Waals surface area contributed by atoms with Crippen LogP contribution in [0, 0.1) is 12.7 Å². The second-order valence-corrected chi connectivity index (χ2v) is 6.20. The highest BCUT2D eigenvalue weighted by molar-refractivity contribution is 5.85. The van der Waals surface area contributed by atoms with Crippen molar-refractivity contribution in [1.29, 1.82) is 0 Å². The van der Waals surface area contributed by atoms with Crippen LogP contribution in [0.2, 0.25) is 0 Å². The van der Waals surface area contributed by atoms with Gasteiger partial charge in [-0.25, -0.2) is 9.37 Å². The lowest BCUT2D eigenvalue weighted by atomic mass is 10.1. The Morgan fingerprint density at radius 3 is 2.41 bits per heavy atom. The molecular formula is C19H15F3N6O. The Balaban J connectivity index is 1.94. The predicted octanol–water partition coefficient (Wildman–Crippen LogP) is 3.70. The summed E-state index contributed by atoms with van der Waals surface area (Å²) in [4.78, 5) is 12.7. The van der Waals surface area contributed by atoms with Crippen LogP contribution in [0.25, 0.3) is 28.0 Å². The summed E-state index contributed by atoms with van der Waals surface area (Å²) in [6.45, 7) is -1.20. The van der Waals surface area contributed by atoms with E-state index in [0.29, 0.717) is 33.8 Å². The molecule has 0 aliphatic carbocycles. The van der Waals surface area contributed by atoms with Crippen LogP contribution < -0.4 is 16.2 Å². The lowest BCUT2D eigenvalue weighted by molar-refractivity contribution is -0.0498. The number of hydrogen-bond donors (Lipinski definition) is 2. The van der Waals surface area contributed by atoms with Gasteiger partial charge in [0.25, 0.3) is 0 Å². The lowest BCUT2D eigenvalue weighted by Gasteiger charge is -2.15. The number of rotatable bonds is 4. The van der Waals surface area contributed by atoms with Crippen molar-refractivity contribution in [2.75, 3.05) is 11.5 Å². The molecule has 4 N–H and O–H groups in total. The molecule has 7 nitrogen and oxygen atoms in total. The molecule has 29 heavy (non-hydrogen) atoms. The second kappa shape index (κ2) is 6.97. The van der Waals surface area contributed by atoms with E-state index in [1.54, 1.807) is 29.7 Å². The number of anilines is 2. The third-order valence-corrected chi connectivity index (χ3v) is 4.30. The maximum absolute atomic E-state index is 13.9. The number of aryl methyl sites for hydroxylation is 1. The van der Waals surface area contributed by atoms with Gasteiger partial charge < -0.3 is 16.2 Å². The molecule has 2 aromatic heterocycles. The number of nitrogens with zero attached hydrogens (tertiary/aromatic N) is 4. The number of imidazole rings is 1. The average molecular weight is 400 g/mol. The van der Waals surface area contributed by atoms with Gasteiger partial charge in [-0.2, -0.15) is 18.7 Å². The van der Waals surface area contributed by atoms with Gasteiger partial charge in [-0.15, -0.1) is 0 Å². The molecule has 0 bridgehead atoms. The second-order valence-electron chi connectivity index (χ2n) is 6.20. The minimum Gasteiger partial charge on any atom is -0.435 e. The largest absolute Gasteiger partial charge is 0.435 e. The fraction of sp³-hybridized carbons (Fsp3) is 0.105. The first-order valence-corrected chi connectivity index (χ1v) is 8.46. The first-order chi connectivity index (χ1) is 13.8. The van der Waals surface area contributed by atoms with Crippen molar-refractivity contribution in [3.63, 3.8) is 0 Å². The number of nitrogen functional groups attached to an aromatic ring is 2. The number of nitrogens with two attached hydrogens (primary N) is 2. The average Bonchev–Trinajstić information content (AvgIpc) is 2.96. The first kappa shape index (κ1) is 18.5. The van der Waals surface area contributed by atoms with Gasteiger partial charge in [-0.05, 0) is 36.8 Å². The Kier molecular flexibility index (Phi) is 4.45. The Hall–Kier alpha value is -3.82. The van der Waals surface area contributed by atoms with Crippen molar-refractivity contribution >= 4 is 22.8 Å².